The Labute approximate surface area is 120 Å². The zero-order chi connectivity index (χ0) is 14.9. The lowest BCUT2D eigenvalue weighted by Crippen LogP contribution is -2.38. The molecular weight excluding hydrogens is 252 g/mol. The van der Waals surface area contributed by atoms with Crippen LogP contribution in [0.3, 0.4) is 0 Å². The lowest BCUT2D eigenvalue weighted by Gasteiger charge is -2.27. The molecular formula is C16H24N2O2. The molecule has 2 rings (SSSR count). The van der Waals surface area contributed by atoms with Crippen LogP contribution in [0.5, 0.6) is 0 Å². The summed E-state index contributed by atoms with van der Waals surface area (Å²) in [7, 11) is 0. The fraction of sp³-hybridized carbons (Fsp3) is 0.562. The molecule has 2 N–H and O–H groups in total. The fourth-order valence-corrected chi connectivity index (χ4v) is 2.59. The summed E-state index contributed by atoms with van der Waals surface area (Å²) in [5.41, 5.74) is 8.70. The number of nitrogens with zero attached hydrogens (tertiary/aromatic N) is 1. The maximum atomic E-state index is 12.2. The number of hydrogen-bond acceptors (Lipinski definition) is 3. The van der Waals surface area contributed by atoms with Crippen LogP contribution in [0.15, 0.2) is 18.2 Å². The van der Waals surface area contributed by atoms with Crippen molar-refractivity contribution in [3.63, 3.8) is 0 Å². The monoisotopic (exact) mass is 276 g/mol. The molecule has 1 atom stereocenters. The predicted molar refractivity (Wildman–Crippen MR) is 80.8 cm³/mol. The molecule has 0 fully saturated rings. The van der Waals surface area contributed by atoms with Crippen molar-refractivity contribution in [3.8, 4) is 0 Å². The molecule has 4 nitrogen and oxygen atoms in total. The van der Waals surface area contributed by atoms with Gasteiger partial charge in [-0.15, -0.1) is 0 Å². The van der Waals surface area contributed by atoms with Gasteiger partial charge in [0.05, 0.1) is 0 Å². The van der Waals surface area contributed by atoms with Crippen molar-refractivity contribution in [3.05, 3.63) is 29.3 Å². The zero-order valence-corrected chi connectivity index (χ0v) is 12.8. The normalized spacial score (nSPS) is 19.2. The topological polar surface area (TPSA) is 55.6 Å². The summed E-state index contributed by atoms with van der Waals surface area (Å²) in [6.45, 7) is 9.17. The molecule has 4 heteroatoms. The van der Waals surface area contributed by atoms with E-state index >= 15 is 0 Å². The average Bonchev–Trinajstić information content (AvgIpc) is 2.46. The molecule has 0 spiro atoms. The molecule has 1 unspecified atom stereocenters. The van der Waals surface area contributed by atoms with Crippen molar-refractivity contribution in [1.29, 1.82) is 0 Å². The van der Waals surface area contributed by atoms with Gasteiger partial charge in [0, 0.05) is 18.8 Å². The van der Waals surface area contributed by atoms with Crippen LogP contribution in [0, 0.1) is 0 Å². The van der Waals surface area contributed by atoms with E-state index in [9.17, 15) is 4.79 Å². The Morgan fingerprint density at radius 1 is 1.40 bits per heavy atom. The Morgan fingerprint density at radius 2 is 2.10 bits per heavy atom. The number of carbonyl (C=O) groups excluding carboxylic acids is 1. The number of anilines is 1. The van der Waals surface area contributed by atoms with Crippen LogP contribution in [0.2, 0.25) is 0 Å². The highest BCUT2D eigenvalue weighted by molar-refractivity contribution is 5.68. The fourth-order valence-electron chi connectivity index (χ4n) is 2.59. The molecule has 0 bridgehead atoms. The van der Waals surface area contributed by atoms with Crippen LogP contribution < -0.4 is 5.73 Å². The maximum absolute atomic E-state index is 12.2. The summed E-state index contributed by atoms with van der Waals surface area (Å²) in [5, 5.41) is 0. The van der Waals surface area contributed by atoms with E-state index in [0.717, 1.165) is 12.1 Å². The van der Waals surface area contributed by atoms with Gasteiger partial charge in [-0.1, -0.05) is 13.0 Å². The van der Waals surface area contributed by atoms with E-state index in [1.807, 2.05) is 32.9 Å². The Balaban J connectivity index is 2.15. The number of rotatable bonds is 0. The third-order valence-corrected chi connectivity index (χ3v) is 3.49. The van der Waals surface area contributed by atoms with Crippen molar-refractivity contribution in [2.45, 2.75) is 45.6 Å². The molecule has 0 aromatic heterocycles. The Hall–Kier alpha value is -1.71. The van der Waals surface area contributed by atoms with Gasteiger partial charge in [0.15, 0.2) is 0 Å². The molecule has 1 amide bonds. The summed E-state index contributed by atoms with van der Waals surface area (Å²) in [6, 6.07) is 6.02. The second-order valence-electron chi connectivity index (χ2n) is 6.54. The van der Waals surface area contributed by atoms with Gasteiger partial charge in [0.1, 0.15) is 5.60 Å². The van der Waals surface area contributed by atoms with E-state index in [2.05, 4.69) is 13.0 Å². The quantitative estimate of drug-likeness (QED) is 0.740. The van der Waals surface area contributed by atoms with Gasteiger partial charge in [0.2, 0.25) is 0 Å². The van der Waals surface area contributed by atoms with E-state index in [4.69, 9.17) is 10.5 Å². The second kappa shape index (κ2) is 5.35. The van der Waals surface area contributed by atoms with E-state index < -0.39 is 5.60 Å². The highest BCUT2D eigenvalue weighted by Gasteiger charge is 2.27. The lowest BCUT2D eigenvalue weighted by molar-refractivity contribution is 0.0248. The molecule has 0 saturated heterocycles. The largest absolute Gasteiger partial charge is 0.444 e. The number of nitrogens with two attached hydrogens (primary N) is 1. The summed E-state index contributed by atoms with van der Waals surface area (Å²) in [4.78, 5) is 14.0. The molecule has 1 aliphatic rings. The number of ether oxygens (including phenoxy) is 1. The van der Waals surface area contributed by atoms with E-state index in [1.165, 1.54) is 11.1 Å². The highest BCUT2D eigenvalue weighted by atomic mass is 16.6. The average molecular weight is 276 g/mol. The van der Waals surface area contributed by atoms with Crippen molar-refractivity contribution in [2.24, 2.45) is 0 Å². The standard InChI is InChI=1S/C16H24N2O2/c1-11-10-18(15(19)20-16(2,3)4)8-7-12-9-13(17)5-6-14(11)12/h5-6,9,11H,7-8,10,17H2,1-4H3. The third-order valence-electron chi connectivity index (χ3n) is 3.49. The summed E-state index contributed by atoms with van der Waals surface area (Å²) in [6.07, 6.45) is 0.592. The minimum absolute atomic E-state index is 0.231. The Kier molecular flexibility index (Phi) is 3.93. The van der Waals surface area contributed by atoms with E-state index in [0.29, 0.717) is 19.0 Å². The minimum Gasteiger partial charge on any atom is -0.444 e. The van der Waals surface area contributed by atoms with E-state index in [1.54, 1.807) is 4.90 Å². The second-order valence-corrected chi connectivity index (χ2v) is 6.54. The maximum Gasteiger partial charge on any atom is 0.410 e. The van der Waals surface area contributed by atoms with Gasteiger partial charge in [0.25, 0.3) is 0 Å². The van der Waals surface area contributed by atoms with Gasteiger partial charge in [-0.2, -0.15) is 0 Å². The number of benzene rings is 1. The van der Waals surface area contributed by atoms with Gasteiger partial charge >= 0.3 is 6.09 Å². The molecule has 110 valence electrons. The summed E-state index contributed by atoms with van der Waals surface area (Å²) < 4.78 is 5.47. The van der Waals surface area contributed by atoms with Crippen LogP contribution in [-0.2, 0) is 11.2 Å². The first-order valence-corrected chi connectivity index (χ1v) is 7.12. The van der Waals surface area contributed by atoms with Gasteiger partial charge in [-0.05, 0) is 56.4 Å². The molecule has 1 heterocycles. The first-order valence-electron chi connectivity index (χ1n) is 7.12. The molecule has 0 radical (unpaired) electrons. The molecule has 20 heavy (non-hydrogen) atoms. The first-order chi connectivity index (χ1) is 9.26. The Morgan fingerprint density at radius 3 is 2.75 bits per heavy atom. The van der Waals surface area contributed by atoms with Crippen LogP contribution in [0.1, 0.15) is 44.7 Å². The van der Waals surface area contributed by atoms with Gasteiger partial charge in [-0.25, -0.2) is 4.79 Å². The smallest absolute Gasteiger partial charge is 0.410 e. The number of hydrogen-bond donors (Lipinski definition) is 1. The van der Waals surface area contributed by atoms with E-state index in [-0.39, 0.29) is 6.09 Å². The highest BCUT2D eigenvalue weighted by Crippen LogP contribution is 2.27. The Bertz CT molecular complexity index is 506. The van der Waals surface area contributed by atoms with Crippen LogP contribution in [-0.4, -0.2) is 29.7 Å². The molecule has 0 saturated carbocycles. The molecule has 1 aromatic carbocycles. The summed E-state index contributed by atoms with van der Waals surface area (Å²) >= 11 is 0. The zero-order valence-electron chi connectivity index (χ0n) is 12.8. The van der Waals surface area contributed by atoms with Crippen LogP contribution >= 0.6 is 0 Å². The lowest BCUT2D eigenvalue weighted by atomic mass is 9.95. The number of carbonyl (C=O) groups is 1. The predicted octanol–water partition coefficient (Wildman–Crippen LogP) is 3.17. The number of amides is 1. The summed E-state index contributed by atoms with van der Waals surface area (Å²) in [5.74, 6) is 0.292. The number of nitrogen functional groups attached to an aromatic ring is 1. The minimum atomic E-state index is -0.454. The SMILES string of the molecule is CC1CN(C(=O)OC(C)(C)C)CCc2cc(N)ccc21. The van der Waals surface area contributed by atoms with Crippen molar-refractivity contribution in [2.75, 3.05) is 18.8 Å². The first kappa shape index (κ1) is 14.7. The van der Waals surface area contributed by atoms with Crippen molar-refractivity contribution < 1.29 is 9.53 Å². The van der Waals surface area contributed by atoms with Crippen molar-refractivity contribution in [1.82, 2.24) is 4.90 Å². The van der Waals surface area contributed by atoms with Gasteiger partial charge in [-0.3, -0.25) is 0 Å². The third kappa shape index (κ3) is 3.44. The number of fused-ring (bicyclic) bond motifs is 1. The van der Waals surface area contributed by atoms with Crippen LogP contribution in [0.25, 0.3) is 0 Å². The molecule has 1 aromatic rings. The molecule has 1 aliphatic heterocycles. The van der Waals surface area contributed by atoms with Gasteiger partial charge < -0.3 is 15.4 Å². The van der Waals surface area contributed by atoms with Crippen molar-refractivity contribution >= 4 is 11.8 Å². The van der Waals surface area contributed by atoms with Crippen LogP contribution in [0.4, 0.5) is 10.5 Å². The molecule has 0 aliphatic carbocycles.